The number of hydrogen-bond acceptors (Lipinski definition) is 0. The molecule has 0 aromatic heterocycles. The van der Waals surface area contributed by atoms with Gasteiger partial charge in [0.2, 0.25) is 0 Å². The molecule has 0 aliphatic heterocycles. The molecule has 0 aliphatic rings. The zero-order chi connectivity index (χ0) is 0. The van der Waals surface area contributed by atoms with Gasteiger partial charge < -0.3 is 16.4 Å². The molecule has 0 saturated heterocycles. The Labute approximate surface area is 44.4 Å². The second-order valence-corrected chi connectivity index (χ2v) is 0. The molecule has 5 heteroatoms. The molecule has 0 fully saturated rings. The van der Waals surface area contributed by atoms with Gasteiger partial charge in [0, 0.05) is 27.3 Å². The predicted molar refractivity (Wildman–Crippen MR) is 23.5 cm³/mol. The summed E-state index contributed by atoms with van der Waals surface area (Å²) in [6.45, 7) is 0. The Kier molecular flexibility index (Phi) is 3890. The first-order valence-corrected chi connectivity index (χ1v) is 0. The van der Waals surface area contributed by atoms with Gasteiger partial charge >= 0.3 is 0 Å². The number of rotatable bonds is 0. The summed E-state index contributed by atoms with van der Waals surface area (Å²) in [7, 11) is 0. The first kappa shape index (κ1) is 193. The molecule has 0 saturated carbocycles. The average Bonchev–Trinajstić information content (AvgIpc) is 0. The zero-order valence-corrected chi connectivity index (χ0v) is 4.57. The van der Waals surface area contributed by atoms with Crippen LogP contribution in [0.4, 0.5) is 0 Å². The van der Waals surface area contributed by atoms with E-state index < -0.39 is 0 Å². The molecule has 6 radical (unpaired) electrons. The fraction of sp³-hybridized carbons (Fsp3) is 0. The van der Waals surface area contributed by atoms with Gasteiger partial charge in [0.25, 0.3) is 0 Å². The lowest BCUT2D eigenvalue weighted by atomic mass is 16.0. The monoisotopic (exact) mass is 112 g/mol. The quantitative estimate of drug-likeness (QED) is 0.256. The molecule has 0 unspecified atom stereocenters. The molecule has 0 amide bonds. The van der Waals surface area contributed by atoms with E-state index in [0.717, 1.165) is 0 Å². The summed E-state index contributed by atoms with van der Waals surface area (Å²) in [5.74, 6) is 0. The van der Waals surface area contributed by atoms with Crippen molar-refractivity contribution < 1.29 is 16.4 Å². The van der Waals surface area contributed by atoms with E-state index in [-0.39, 0.29) is 43.7 Å². The third kappa shape index (κ3) is 55.1. The van der Waals surface area contributed by atoms with Gasteiger partial charge in [-0.25, -0.2) is 0 Å². The third-order valence-electron chi connectivity index (χ3n) is 0. The van der Waals surface area contributed by atoms with Crippen molar-refractivity contribution in [1.29, 1.82) is 0 Å². The van der Waals surface area contributed by atoms with Crippen LogP contribution in [0.15, 0.2) is 0 Å². The van der Waals surface area contributed by atoms with E-state index in [0.29, 0.717) is 0 Å². The second kappa shape index (κ2) is 101. The minimum Gasteiger partial charge on any atom is -0.412 e. The van der Waals surface area contributed by atoms with Gasteiger partial charge in [-0.2, -0.15) is 0 Å². The largest absolute Gasteiger partial charge is 0.412 e. The minimum atomic E-state index is 0. The molecule has 0 aliphatic carbocycles. The standard InChI is InChI=1S/Al.3H2O.P/h;3*1H2;. The van der Waals surface area contributed by atoms with E-state index in [4.69, 9.17) is 0 Å². The molecule has 0 heterocycles. The van der Waals surface area contributed by atoms with E-state index >= 15 is 0 Å². The first-order valence-electron chi connectivity index (χ1n) is 0. The van der Waals surface area contributed by atoms with Gasteiger partial charge in [-0.1, -0.05) is 0 Å². The molecule has 5 heavy (non-hydrogen) atoms. The van der Waals surface area contributed by atoms with Crippen molar-refractivity contribution in [3.63, 3.8) is 0 Å². The molecule has 0 aromatic rings. The Balaban J connectivity index is 0. The Morgan fingerprint density at radius 1 is 0.600 bits per heavy atom. The predicted octanol–water partition coefficient (Wildman–Crippen LogP) is -1.99. The summed E-state index contributed by atoms with van der Waals surface area (Å²) in [6.07, 6.45) is 0. The van der Waals surface area contributed by atoms with Crippen molar-refractivity contribution in [3.8, 4) is 0 Å². The normalized spacial score (nSPS) is 0. The minimum absolute atomic E-state index is 0. The number of hydrogen-bond donors (Lipinski definition) is 0. The maximum Gasteiger partial charge on any atom is 0 e. The highest BCUT2D eigenvalue weighted by atomic mass is 31.0. The van der Waals surface area contributed by atoms with Crippen LogP contribution in [0.1, 0.15) is 0 Å². The maximum atomic E-state index is 0. The summed E-state index contributed by atoms with van der Waals surface area (Å²) < 4.78 is 0. The molecule has 6 N–H and O–H groups in total. The molecule has 3 nitrogen and oxygen atoms in total. The van der Waals surface area contributed by atoms with Crippen LogP contribution in [0.3, 0.4) is 0 Å². The SMILES string of the molecule is O.O.O.[Al].[P]. The van der Waals surface area contributed by atoms with Gasteiger partial charge in [0.15, 0.2) is 0 Å². The van der Waals surface area contributed by atoms with Crippen molar-refractivity contribution in [1.82, 2.24) is 0 Å². The third-order valence-corrected chi connectivity index (χ3v) is 0. The van der Waals surface area contributed by atoms with Crippen LogP contribution in [-0.2, 0) is 0 Å². The van der Waals surface area contributed by atoms with Crippen LogP contribution in [0, 0.1) is 0 Å². The van der Waals surface area contributed by atoms with Gasteiger partial charge in [0.1, 0.15) is 0 Å². The van der Waals surface area contributed by atoms with Crippen molar-refractivity contribution in [2.45, 2.75) is 0 Å². The highest BCUT2D eigenvalue weighted by molar-refractivity contribution is 6.92. The smallest absolute Gasteiger partial charge is 0 e. The molecule has 0 bridgehead atoms. The summed E-state index contributed by atoms with van der Waals surface area (Å²) in [4.78, 5) is 0. The molecular formula is H6AlO3P. The molecule has 32 valence electrons. The van der Waals surface area contributed by atoms with Crippen molar-refractivity contribution in [2.24, 2.45) is 0 Å². The molecule has 0 aromatic carbocycles. The topological polar surface area (TPSA) is 94.5 Å². The lowest BCUT2D eigenvalue weighted by Gasteiger charge is -0.413. The lowest BCUT2D eigenvalue weighted by molar-refractivity contribution is 0.823. The summed E-state index contributed by atoms with van der Waals surface area (Å²) in [6, 6.07) is 0. The van der Waals surface area contributed by atoms with E-state index in [1.807, 2.05) is 0 Å². The fourth-order valence-electron chi connectivity index (χ4n) is 0. The Morgan fingerprint density at radius 3 is 0.600 bits per heavy atom. The zero-order valence-electron chi connectivity index (χ0n) is 2.52. The van der Waals surface area contributed by atoms with Gasteiger partial charge in [-0.3, -0.25) is 0 Å². The van der Waals surface area contributed by atoms with Crippen LogP contribution < -0.4 is 0 Å². The van der Waals surface area contributed by atoms with Crippen LogP contribution in [0.25, 0.3) is 0 Å². The van der Waals surface area contributed by atoms with Crippen molar-refractivity contribution >= 4 is 27.3 Å². The Bertz CT molecular complexity index is 6.85. The van der Waals surface area contributed by atoms with Gasteiger partial charge in [-0.15, -0.1) is 0 Å². The summed E-state index contributed by atoms with van der Waals surface area (Å²) in [5.41, 5.74) is 0. The average molecular weight is 112 g/mol. The Morgan fingerprint density at radius 2 is 0.600 bits per heavy atom. The summed E-state index contributed by atoms with van der Waals surface area (Å²) >= 11 is 0. The molecular weight excluding hydrogens is 106 g/mol. The Hall–Kier alpha value is 0.842. The van der Waals surface area contributed by atoms with E-state index in [9.17, 15) is 0 Å². The highest BCUT2D eigenvalue weighted by Crippen LogP contribution is 0.861. The maximum absolute atomic E-state index is 0. The van der Waals surface area contributed by atoms with E-state index in [1.54, 1.807) is 0 Å². The molecule has 0 rings (SSSR count). The fourth-order valence-corrected chi connectivity index (χ4v) is 0. The summed E-state index contributed by atoms with van der Waals surface area (Å²) in [5, 5.41) is 0. The van der Waals surface area contributed by atoms with Crippen LogP contribution >= 0.6 is 9.90 Å². The molecule has 0 spiro atoms. The van der Waals surface area contributed by atoms with Gasteiger partial charge in [-0.05, 0) is 0 Å². The van der Waals surface area contributed by atoms with E-state index in [1.165, 1.54) is 0 Å². The van der Waals surface area contributed by atoms with Gasteiger partial charge in [0.05, 0.1) is 0 Å². The highest BCUT2D eigenvalue weighted by Gasteiger charge is 0.00101. The second-order valence-electron chi connectivity index (χ2n) is 0. The van der Waals surface area contributed by atoms with Crippen LogP contribution in [0.2, 0.25) is 0 Å². The van der Waals surface area contributed by atoms with Crippen molar-refractivity contribution in [3.05, 3.63) is 0 Å². The molecule has 0 atom stereocenters. The van der Waals surface area contributed by atoms with Crippen LogP contribution in [-0.4, -0.2) is 33.8 Å². The first-order chi connectivity index (χ1) is 0. The van der Waals surface area contributed by atoms with Crippen LogP contribution in [0.5, 0.6) is 0 Å². The van der Waals surface area contributed by atoms with Crippen molar-refractivity contribution in [2.75, 3.05) is 0 Å². The lowest BCUT2D eigenvalue weighted by Crippen LogP contribution is -0.381. The van der Waals surface area contributed by atoms with E-state index in [2.05, 4.69) is 0 Å².